The van der Waals surface area contributed by atoms with E-state index >= 15 is 0 Å². The van der Waals surface area contributed by atoms with Crippen molar-refractivity contribution in [3.05, 3.63) is 29.8 Å². The summed E-state index contributed by atoms with van der Waals surface area (Å²) in [5.74, 6) is -2.90. The number of hydrogen-bond donors (Lipinski definition) is 1. The molecule has 2 rings (SSSR count). The van der Waals surface area contributed by atoms with Crippen LogP contribution in [0.2, 0.25) is 0 Å². The van der Waals surface area contributed by atoms with Crippen molar-refractivity contribution >= 4 is 22.0 Å². The summed E-state index contributed by atoms with van der Waals surface area (Å²) in [6.07, 6.45) is -0.891. The molecule has 8 nitrogen and oxygen atoms in total. The molecule has 1 atom stereocenters. The molecule has 26 heavy (non-hydrogen) atoms. The standard InChI is InChI=1S/C15H19F2N3O5S/c1-10(14(21)18-15(22)25-2)19-6-8-20(9-7-19)26(23,24)13-11(16)4-3-5-12(13)17/h3-5,10H,6-9H2,1-2H3,(H,18,21,22)/t10-/m0/s1. The highest BCUT2D eigenvalue weighted by atomic mass is 32.2. The van der Waals surface area contributed by atoms with Gasteiger partial charge in [-0.15, -0.1) is 0 Å². The number of alkyl carbamates (subject to hydrolysis) is 1. The first kappa shape index (κ1) is 20.2. The molecule has 1 aromatic rings. The molecule has 0 saturated carbocycles. The topological polar surface area (TPSA) is 96.0 Å². The Morgan fingerprint density at radius 3 is 2.19 bits per heavy atom. The van der Waals surface area contributed by atoms with Gasteiger partial charge in [0.05, 0.1) is 13.2 Å². The Morgan fingerprint density at radius 2 is 1.69 bits per heavy atom. The summed E-state index contributed by atoms with van der Waals surface area (Å²) in [6, 6.07) is 2.14. The zero-order valence-electron chi connectivity index (χ0n) is 14.2. The Labute approximate surface area is 149 Å². The Kier molecular flexibility index (Phi) is 6.26. The number of methoxy groups -OCH3 is 1. The molecule has 1 fully saturated rings. The molecule has 0 spiro atoms. The number of rotatable bonds is 4. The molecule has 1 heterocycles. The number of ether oxygens (including phenoxy) is 1. The van der Waals surface area contributed by atoms with Gasteiger partial charge in [0.25, 0.3) is 0 Å². The predicted octanol–water partition coefficient (Wildman–Crippen LogP) is 0.542. The Morgan fingerprint density at radius 1 is 1.15 bits per heavy atom. The molecular formula is C15H19F2N3O5S. The van der Waals surface area contributed by atoms with Crippen LogP contribution in [0.15, 0.2) is 23.1 Å². The fourth-order valence-corrected chi connectivity index (χ4v) is 4.14. The maximum atomic E-state index is 13.8. The third-order valence-corrected chi connectivity index (χ3v) is 6.08. The SMILES string of the molecule is COC(=O)NC(=O)[C@H](C)N1CCN(S(=O)(=O)c2c(F)cccc2F)CC1. The second-order valence-corrected chi connectivity index (χ2v) is 7.52. The predicted molar refractivity (Wildman–Crippen MR) is 86.7 cm³/mol. The molecule has 1 aliphatic rings. The zero-order chi connectivity index (χ0) is 19.5. The van der Waals surface area contributed by atoms with Crippen molar-refractivity contribution in [1.29, 1.82) is 0 Å². The number of carbonyl (C=O) groups is 2. The van der Waals surface area contributed by atoms with Crippen LogP contribution in [0.5, 0.6) is 0 Å². The van der Waals surface area contributed by atoms with Crippen molar-refractivity contribution in [2.75, 3.05) is 33.3 Å². The van der Waals surface area contributed by atoms with Gasteiger partial charge in [-0.05, 0) is 19.1 Å². The summed E-state index contributed by atoms with van der Waals surface area (Å²) in [5.41, 5.74) is 0. The molecule has 144 valence electrons. The van der Waals surface area contributed by atoms with Crippen molar-refractivity contribution in [1.82, 2.24) is 14.5 Å². The number of sulfonamides is 1. The van der Waals surface area contributed by atoms with E-state index in [-0.39, 0.29) is 26.2 Å². The van der Waals surface area contributed by atoms with E-state index in [9.17, 15) is 26.8 Å². The van der Waals surface area contributed by atoms with Crippen molar-refractivity contribution in [2.24, 2.45) is 0 Å². The average Bonchev–Trinajstić information content (AvgIpc) is 2.60. The van der Waals surface area contributed by atoms with E-state index in [4.69, 9.17) is 0 Å². The number of carbonyl (C=O) groups excluding carboxylic acids is 2. The van der Waals surface area contributed by atoms with Crippen LogP contribution in [0.3, 0.4) is 0 Å². The monoisotopic (exact) mass is 391 g/mol. The molecule has 2 amide bonds. The number of benzene rings is 1. The maximum absolute atomic E-state index is 13.8. The van der Waals surface area contributed by atoms with Crippen molar-refractivity contribution in [3.8, 4) is 0 Å². The van der Waals surface area contributed by atoms with E-state index in [1.165, 1.54) is 0 Å². The third-order valence-electron chi connectivity index (χ3n) is 4.13. The van der Waals surface area contributed by atoms with Crippen LogP contribution in [0, 0.1) is 11.6 Å². The van der Waals surface area contributed by atoms with E-state index in [0.717, 1.165) is 29.6 Å². The summed E-state index contributed by atoms with van der Waals surface area (Å²) < 4.78 is 58.0. The molecule has 0 aromatic heterocycles. The van der Waals surface area contributed by atoms with Crippen LogP contribution < -0.4 is 5.32 Å². The summed E-state index contributed by atoms with van der Waals surface area (Å²) >= 11 is 0. The first-order valence-electron chi connectivity index (χ1n) is 7.75. The minimum atomic E-state index is -4.33. The smallest absolute Gasteiger partial charge is 0.413 e. The lowest BCUT2D eigenvalue weighted by Gasteiger charge is -2.36. The van der Waals surface area contributed by atoms with Crippen LogP contribution in [0.1, 0.15) is 6.92 Å². The van der Waals surface area contributed by atoms with Gasteiger partial charge in [-0.3, -0.25) is 15.0 Å². The summed E-state index contributed by atoms with van der Waals surface area (Å²) in [6.45, 7) is 1.77. The van der Waals surface area contributed by atoms with E-state index in [1.807, 2.05) is 5.32 Å². The second-order valence-electron chi connectivity index (χ2n) is 5.65. The molecule has 1 aliphatic heterocycles. The van der Waals surface area contributed by atoms with Gasteiger partial charge in [0.15, 0.2) is 4.90 Å². The van der Waals surface area contributed by atoms with Crippen molar-refractivity contribution in [2.45, 2.75) is 17.9 Å². The lowest BCUT2D eigenvalue weighted by atomic mass is 10.2. The molecule has 0 aliphatic carbocycles. The van der Waals surface area contributed by atoms with Crippen LogP contribution in [-0.4, -0.2) is 69.0 Å². The number of nitrogens with one attached hydrogen (secondary N) is 1. The molecule has 1 saturated heterocycles. The third kappa shape index (κ3) is 4.17. The minimum absolute atomic E-state index is 0.0497. The van der Waals surface area contributed by atoms with E-state index < -0.39 is 44.6 Å². The first-order chi connectivity index (χ1) is 12.2. The molecular weight excluding hydrogens is 372 g/mol. The molecule has 11 heteroatoms. The molecule has 0 unspecified atom stereocenters. The zero-order valence-corrected chi connectivity index (χ0v) is 15.1. The van der Waals surface area contributed by atoms with E-state index in [1.54, 1.807) is 11.8 Å². The highest BCUT2D eigenvalue weighted by Gasteiger charge is 2.35. The minimum Gasteiger partial charge on any atom is -0.453 e. The fraction of sp³-hybridized carbons (Fsp3) is 0.467. The lowest BCUT2D eigenvalue weighted by molar-refractivity contribution is -0.125. The van der Waals surface area contributed by atoms with Crippen LogP contribution in [0.25, 0.3) is 0 Å². The summed E-state index contributed by atoms with van der Waals surface area (Å²) in [4.78, 5) is 23.7. The highest BCUT2D eigenvalue weighted by molar-refractivity contribution is 7.89. The molecule has 1 aromatic carbocycles. The molecule has 0 radical (unpaired) electrons. The van der Waals surface area contributed by atoms with Crippen molar-refractivity contribution in [3.63, 3.8) is 0 Å². The van der Waals surface area contributed by atoms with Gasteiger partial charge in [-0.1, -0.05) is 6.07 Å². The quantitative estimate of drug-likeness (QED) is 0.805. The summed E-state index contributed by atoms with van der Waals surface area (Å²) in [7, 11) is -3.21. The van der Waals surface area contributed by atoms with Crippen LogP contribution >= 0.6 is 0 Å². The van der Waals surface area contributed by atoms with Gasteiger partial charge in [0.1, 0.15) is 11.6 Å². The van der Waals surface area contributed by atoms with E-state index in [2.05, 4.69) is 4.74 Å². The van der Waals surface area contributed by atoms with Crippen LogP contribution in [-0.2, 0) is 19.6 Å². The van der Waals surface area contributed by atoms with Gasteiger partial charge < -0.3 is 4.74 Å². The van der Waals surface area contributed by atoms with Crippen molar-refractivity contribution < 1.29 is 31.5 Å². The highest BCUT2D eigenvalue weighted by Crippen LogP contribution is 2.23. The summed E-state index contributed by atoms with van der Waals surface area (Å²) in [5, 5.41) is 2.04. The molecule has 0 bridgehead atoms. The van der Waals surface area contributed by atoms with Gasteiger partial charge in [0, 0.05) is 26.2 Å². The fourth-order valence-electron chi connectivity index (χ4n) is 2.61. The number of halogens is 2. The normalized spacial score (nSPS) is 17.5. The van der Waals surface area contributed by atoms with Gasteiger partial charge in [-0.2, -0.15) is 4.31 Å². The Hall–Kier alpha value is -2.11. The largest absolute Gasteiger partial charge is 0.453 e. The number of hydrogen-bond acceptors (Lipinski definition) is 6. The lowest BCUT2D eigenvalue weighted by Crippen LogP contribution is -2.55. The van der Waals surface area contributed by atoms with E-state index in [0.29, 0.717) is 0 Å². The maximum Gasteiger partial charge on any atom is 0.413 e. The number of imide groups is 1. The van der Waals surface area contributed by atoms with Gasteiger partial charge >= 0.3 is 6.09 Å². The molecule has 1 N–H and O–H groups in total. The number of nitrogens with zero attached hydrogens (tertiary/aromatic N) is 2. The Balaban J connectivity index is 2.06. The van der Waals surface area contributed by atoms with Gasteiger partial charge in [0.2, 0.25) is 15.9 Å². The second kappa shape index (κ2) is 8.06. The van der Waals surface area contributed by atoms with Crippen LogP contribution in [0.4, 0.5) is 13.6 Å². The first-order valence-corrected chi connectivity index (χ1v) is 9.19. The average molecular weight is 391 g/mol. The number of piperazine rings is 1. The number of amides is 2. The Bertz CT molecular complexity index is 774. The van der Waals surface area contributed by atoms with Gasteiger partial charge in [-0.25, -0.2) is 22.0 Å².